The quantitative estimate of drug-likeness (QED) is 0.137. The van der Waals surface area contributed by atoms with E-state index in [-0.39, 0.29) is 47.1 Å². The van der Waals surface area contributed by atoms with Crippen molar-refractivity contribution in [3.05, 3.63) is 35.5 Å². The average Bonchev–Trinajstić information content (AvgIpc) is 3.24. The zero-order chi connectivity index (χ0) is 23.8. The topological polar surface area (TPSA) is 115 Å². The van der Waals surface area contributed by atoms with Gasteiger partial charge in [0.15, 0.2) is 5.88 Å². The number of hydrazine groups is 1. The van der Waals surface area contributed by atoms with E-state index in [4.69, 9.17) is 21.1 Å². The van der Waals surface area contributed by atoms with E-state index in [0.29, 0.717) is 12.2 Å². The molecule has 33 heavy (non-hydrogen) atoms. The molecule has 1 aliphatic carbocycles. The van der Waals surface area contributed by atoms with Gasteiger partial charge in [-0.3, -0.25) is 0 Å². The highest BCUT2D eigenvalue weighted by Crippen LogP contribution is 2.45. The lowest BCUT2D eigenvalue weighted by molar-refractivity contribution is 0.0502. The first-order valence-electron chi connectivity index (χ1n) is 11.2. The highest BCUT2D eigenvalue weighted by Gasteiger charge is 2.52. The number of aliphatic imine (C=N–C) groups is 1. The fourth-order valence-electron chi connectivity index (χ4n) is 4.59. The molecule has 2 heterocycles. The van der Waals surface area contributed by atoms with Gasteiger partial charge in [-0.1, -0.05) is 0 Å². The van der Waals surface area contributed by atoms with Crippen molar-refractivity contribution in [3.63, 3.8) is 0 Å². The number of nitrogens with one attached hydrogen (secondary N) is 1. The Morgan fingerprint density at radius 2 is 2.15 bits per heavy atom. The van der Waals surface area contributed by atoms with Gasteiger partial charge in [-0.15, -0.1) is 11.8 Å². The maximum atomic E-state index is 14.3. The summed E-state index contributed by atoms with van der Waals surface area (Å²) in [5.74, 6) is 5.74. The second kappa shape index (κ2) is 9.42. The lowest BCUT2D eigenvalue weighted by Gasteiger charge is -2.25. The lowest BCUT2D eigenvalue weighted by atomic mass is 9.90. The summed E-state index contributed by atoms with van der Waals surface area (Å²) in [6.45, 7) is 4.06. The summed E-state index contributed by atoms with van der Waals surface area (Å²) in [5, 5.41) is 0. The van der Waals surface area contributed by atoms with Crippen molar-refractivity contribution in [1.29, 1.82) is 0 Å². The maximum Gasteiger partial charge on any atom is 0.410 e. The minimum atomic E-state index is -0.448. The summed E-state index contributed by atoms with van der Waals surface area (Å²) >= 11 is 1.45. The smallest absolute Gasteiger partial charge is 0.410 e. The van der Waals surface area contributed by atoms with Crippen LogP contribution in [-0.2, 0) is 9.47 Å². The van der Waals surface area contributed by atoms with Crippen LogP contribution in [0.5, 0.6) is 0 Å². The van der Waals surface area contributed by atoms with Gasteiger partial charge >= 0.3 is 6.09 Å². The van der Waals surface area contributed by atoms with Gasteiger partial charge in [0.05, 0.1) is 12.2 Å². The summed E-state index contributed by atoms with van der Waals surface area (Å²) in [6, 6.07) is 5.09. The first kappa shape index (κ1) is 23.7. The number of fused-ring (bicyclic) bond motifs is 2. The number of rotatable bonds is 7. The van der Waals surface area contributed by atoms with Gasteiger partial charge in [0.1, 0.15) is 22.9 Å². The first-order chi connectivity index (χ1) is 15.7. The number of hydrogen-bond donors (Lipinski definition) is 3. The second-order valence-electron chi connectivity index (χ2n) is 9.24. The Balaban J connectivity index is 1.40. The molecule has 1 amide bonds. The zero-order valence-corrected chi connectivity index (χ0v) is 20.1. The van der Waals surface area contributed by atoms with Crippen molar-refractivity contribution in [3.8, 4) is 0 Å². The monoisotopic (exact) mass is 477 g/mol. The number of hydrogen-bond acceptors (Lipinski definition) is 7. The van der Waals surface area contributed by atoms with E-state index >= 15 is 0 Å². The molecule has 2 saturated heterocycles. The van der Waals surface area contributed by atoms with Gasteiger partial charge in [-0.05, 0) is 70.4 Å². The van der Waals surface area contributed by atoms with Crippen LogP contribution in [-0.4, -0.2) is 47.4 Å². The lowest BCUT2D eigenvalue weighted by Crippen LogP contribution is -2.39. The number of nitrogens with zero attached hydrogens (tertiary/aromatic N) is 2. The van der Waals surface area contributed by atoms with Gasteiger partial charge in [-0.2, -0.15) is 0 Å². The van der Waals surface area contributed by atoms with Gasteiger partial charge in [0.2, 0.25) is 0 Å². The summed E-state index contributed by atoms with van der Waals surface area (Å²) in [7, 11) is 0. The van der Waals surface area contributed by atoms with E-state index in [2.05, 4.69) is 10.4 Å². The number of carbonyl (C=O) groups excluding carboxylic acids is 1. The molecule has 10 heteroatoms. The second-order valence-corrected chi connectivity index (χ2v) is 10.1. The molecule has 180 valence electrons. The Morgan fingerprint density at radius 3 is 2.79 bits per heavy atom. The van der Waals surface area contributed by atoms with Crippen LogP contribution in [0.4, 0.5) is 14.9 Å². The SMILES string of the molecule is CSc1ccc(N=C(NN)C(C)=C(N)OCC2CC3CCC2N3C(=O)OC2(C)CC2)c(F)c1. The summed E-state index contributed by atoms with van der Waals surface area (Å²) in [5.41, 5.74) is 9.00. The van der Waals surface area contributed by atoms with Crippen LogP contribution < -0.4 is 17.0 Å². The van der Waals surface area contributed by atoms with E-state index in [9.17, 15) is 9.18 Å². The van der Waals surface area contributed by atoms with Crippen molar-refractivity contribution in [2.45, 2.75) is 68.5 Å². The number of carbonyl (C=O) groups is 1. The largest absolute Gasteiger partial charge is 0.479 e. The molecule has 3 unspecified atom stereocenters. The van der Waals surface area contributed by atoms with Crippen LogP contribution >= 0.6 is 11.8 Å². The molecule has 1 aromatic rings. The molecule has 0 radical (unpaired) electrons. The number of halogens is 1. The van der Waals surface area contributed by atoms with Crippen molar-refractivity contribution in [2.75, 3.05) is 12.9 Å². The highest BCUT2D eigenvalue weighted by molar-refractivity contribution is 7.98. The molecule has 0 aromatic heterocycles. The fourth-order valence-corrected chi connectivity index (χ4v) is 5.02. The summed E-state index contributed by atoms with van der Waals surface area (Å²) < 4.78 is 25.9. The Labute approximate surface area is 197 Å². The minimum Gasteiger partial charge on any atom is -0.479 e. The van der Waals surface area contributed by atoms with E-state index in [1.165, 1.54) is 17.8 Å². The molecule has 3 aliphatic rings. The normalized spacial score (nSPS) is 26.2. The number of benzene rings is 1. The molecule has 4 rings (SSSR count). The van der Waals surface area contributed by atoms with Crippen LogP contribution in [0.15, 0.2) is 39.5 Å². The summed E-state index contributed by atoms with van der Waals surface area (Å²) in [4.78, 5) is 19.7. The Morgan fingerprint density at radius 1 is 1.39 bits per heavy atom. The number of amides is 1. The molecule has 1 aromatic carbocycles. The minimum absolute atomic E-state index is 0.0998. The van der Waals surface area contributed by atoms with Gasteiger partial charge < -0.3 is 25.5 Å². The molecule has 5 N–H and O–H groups in total. The predicted octanol–water partition coefficient (Wildman–Crippen LogP) is 3.79. The molecule has 0 spiro atoms. The number of amidine groups is 1. The third kappa shape index (κ3) is 5.06. The molecule has 2 bridgehead atoms. The van der Waals surface area contributed by atoms with Gasteiger partial charge in [0.25, 0.3) is 0 Å². The third-order valence-electron chi connectivity index (χ3n) is 6.87. The molecule has 3 atom stereocenters. The van der Waals surface area contributed by atoms with E-state index in [1.807, 2.05) is 18.1 Å². The van der Waals surface area contributed by atoms with E-state index < -0.39 is 5.82 Å². The van der Waals surface area contributed by atoms with Crippen molar-refractivity contribution in [1.82, 2.24) is 10.3 Å². The molecule has 1 saturated carbocycles. The van der Waals surface area contributed by atoms with E-state index in [0.717, 1.165) is 37.0 Å². The number of nitrogens with two attached hydrogens (primary N) is 2. The van der Waals surface area contributed by atoms with E-state index in [1.54, 1.807) is 19.1 Å². The molecular weight excluding hydrogens is 445 g/mol. The zero-order valence-electron chi connectivity index (χ0n) is 19.3. The van der Waals surface area contributed by atoms with Crippen LogP contribution in [0.3, 0.4) is 0 Å². The maximum absolute atomic E-state index is 14.3. The van der Waals surface area contributed by atoms with Crippen LogP contribution in [0.2, 0.25) is 0 Å². The van der Waals surface area contributed by atoms with Crippen LogP contribution in [0, 0.1) is 11.7 Å². The van der Waals surface area contributed by atoms with Crippen molar-refractivity contribution >= 4 is 29.4 Å². The molecule has 8 nitrogen and oxygen atoms in total. The van der Waals surface area contributed by atoms with Crippen LogP contribution in [0.1, 0.15) is 46.0 Å². The molecule has 3 fully saturated rings. The molecular formula is C23H32FN5O3S. The van der Waals surface area contributed by atoms with Gasteiger partial charge in [-0.25, -0.2) is 20.0 Å². The Bertz CT molecular complexity index is 981. The van der Waals surface area contributed by atoms with Gasteiger partial charge in [0, 0.05) is 22.9 Å². The fraction of sp³-hybridized carbons (Fsp3) is 0.565. The third-order valence-corrected chi connectivity index (χ3v) is 7.59. The van der Waals surface area contributed by atoms with Crippen LogP contribution in [0.25, 0.3) is 0 Å². The molecule has 2 aliphatic heterocycles. The first-order valence-corrected chi connectivity index (χ1v) is 12.5. The van der Waals surface area contributed by atoms with Crippen molar-refractivity contribution < 1.29 is 18.7 Å². The Hall–Kier alpha value is -2.46. The average molecular weight is 478 g/mol. The standard InChI is InChI=1S/C23H32FN5O3S/c1-13(21(28-26)27-18-6-5-16(33-3)11-17(18)24)20(25)31-12-14-10-15-4-7-19(14)29(15)22(30)32-23(2)8-9-23/h5-6,11,14-15,19H,4,7-10,12,25-26H2,1-3H3,(H,27,28). The number of thioether (sulfide) groups is 1. The van der Waals surface area contributed by atoms with Crippen molar-refractivity contribution in [2.24, 2.45) is 22.5 Å². The highest BCUT2D eigenvalue weighted by atomic mass is 32.2. The predicted molar refractivity (Wildman–Crippen MR) is 126 cm³/mol. The number of ether oxygens (including phenoxy) is 2. The summed E-state index contributed by atoms with van der Waals surface area (Å²) in [6.07, 6.45) is 6.33. The Kier molecular flexibility index (Phi) is 6.76.